The monoisotopic (exact) mass is 218 g/mol. The highest BCUT2D eigenvalue weighted by atomic mass is 16.2. The third-order valence-electron chi connectivity index (χ3n) is 2.80. The molecule has 0 bridgehead atoms. The Morgan fingerprint density at radius 2 is 2.19 bits per heavy atom. The molecule has 0 saturated carbocycles. The zero-order chi connectivity index (χ0) is 11.7. The highest BCUT2D eigenvalue weighted by Gasteiger charge is 2.16. The molecular weight excluding hydrogens is 204 g/mol. The molecule has 0 amide bonds. The van der Waals surface area contributed by atoms with Gasteiger partial charge in [0.15, 0.2) is 0 Å². The summed E-state index contributed by atoms with van der Waals surface area (Å²) in [7, 11) is 0. The van der Waals surface area contributed by atoms with Crippen LogP contribution in [0.5, 0.6) is 0 Å². The number of aromatic amines is 1. The first-order valence-corrected chi connectivity index (χ1v) is 5.24. The molecule has 2 rings (SSSR count). The van der Waals surface area contributed by atoms with Gasteiger partial charge in [0.05, 0.1) is 6.04 Å². The molecule has 84 valence electrons. The van der Waals surface area contributed by atoms with Gasteiger partial charge in [-0.15, -0.1) is 0 Å². The van der Waals surface area contributed by atoms with Crippen LogP contribution in [-0.4, -0.2) is 9.55 Å². The summed E-state index contributed by atoms with van der Waals surface area (Å²) in [6, 6.07) is 1.39. The van der Waals surface area contributed by atoms with Gasteiger partial charge in [-0.05, 0) is 25.8 Å². The van der Waals surface area contributed by atoms with Crippen molar-refractivity contribution >= 4 is 0 Å². The van der Waals surface area contributed by atoms with Crippen LogP contribution in [0.4, 0.5) is 0 Å². The molecule has 1 unspecified atom stereocenters. The topological polar surface area (TPSA) is 54.9 Å². The van der Waals surface area contributed by atoms with Gasteiger partial charge < -0.3 is 0 Å². The van der Waals surface area contributed by atoms with Crippen molar-refractivity contribution in [1.29, 1.82) is 0 Å². The zero-order valence-corrected chi connectivity index (χ0v) is 9.36. The van der Waals surface area contributed by atoms with E-state index in [4.69, 9.17) is 0 Å². The summed E-state index contributed by atoms with van der Waals surface area (Å²) < 4.78 is 1.55. The molecule has 0 aromatic carbocycles. The Balaban J connectivity index is 2.36. The van der Waals surface area contributed by atoms with Crippen LogP contribution in [0.25, 0.3) is 0 Å². The fraction of sp³-hybridized carbons (Fsp3) is 0.333. The average molecular weight is 218 g/mol. The Labute approximate surface area is 92.9 Å². The maximum Gasteiger partial charge on any atom is 0.328 e. The van der Waals surface area contributed by atoms with E-state index in [-0.39, 0.29) is 17.3 Å². The van der Waals surface area contributed by atoms with Crippen molar-refractivity contribution in [2.75, 3.05) is 0 Å². The molecule has 16 heavy (non-hydrogen) atoms. The van der Waals surface area contributed by atoms with Gasteiger partial charge in [0.25, 0.3) is 5.56 Å². The van der Waals surface area contributed by atoms with Crippen molar-refractivity contribution in [3.05, 3.63) is 56.4 Å². The van der Waals surface area contributed by atoms with Crippen LogP contribution in [0.15, 0.2) is 45.2 Å². The van der Waals surface area contributed by atoms with Crippen molar-refractivity contribution in [1.82, 2.24) is 9.55 Å². The summed E-state index contributed by atoms with van der Waals surface area (Å²) in [4.78, 5) is 24.8. The van der Waals surface area contributed by atoms with Crippen LogP contribution in [-0.2, 0) is 0 Å². The maximum absolute atomic E-state index is 11.6. The van der Waals surface area contributed by atoms with Gasteiger partial charge in [-0.2, -0.15) is 0 Å². The summed E-state index contributed by atoms with van der Waals surface area (Å²) >= 11 is 0. The van der Waals surface area contributed by atoms with Gasteiger partial charge in [-0.25, -0.2) is 4.79 Å². The fourth-order valence-electron chi connectivity index (χ4n) is 1.84. The molecule has 1 atom stereocenters. The summed E-state index contributed by atoms with van der Waals surface area (Å²) in [5.74, 6) is 0. The van der Waals surface area contributed by atoms with Crippen LogP contribution in [0, 0.1) is 0 Å². The second-order valence-electron chi connectivity index (χ2n) is 4.17. The number of hydrogen-bond acceptors (Lipinski definition) is 2. The molecule has 0 spiro atoms. The lowest BCUT2D eigenvalue weighted by molar-refractivity contribution is 0.579. The van der Waals surface area contributed by atoms with E-state index in [9.17, 15) is 9.59 Å². The first-order chi connectivity index (χ1) is 7.58. The van der Waals surface area contributed by atoms with Crippen molar-refractivity contribution in [2.45, 2.75) is 26.3 Å². The van der Waals surface area contributed by atoms with Crippen LogP contribution >= 0.6 is 0 Å². The predicted molar refractivity (Wildman–Crippen MR) is 62.5 cm³/mol. The highest BCUT2D eigenvalue weighted by Crippen LogP contribution is 2.27. The lowest BCUT2D eigenvalue weighted by Crippen LogP contribution is -2.30. The minimum atomic E-state index is -0.356. The van der Waals surface area contributed by atoms with E-state index < -0.39 is 0 Å². The third-order valence-corrected chi connectivity index (χ3v) is 2.80. The summed E-state index contributed by atoms with van der Waals surface area (Å²) in [5.41, 5.74) is 1.81. The average Bonchev–Trinajstić information content (AvgIpc) is 2.66. The summed E-state index contributed by atoms with van der Waals surface area (Å²) in [6.45, 7) is 4.11. The molecule has 4 nitrogen and oxygen atoms in total. The van der Waals surface area contributed by atoms with Gasteiger partial charge in [0.2, 0.25) is 0 Å². The van der Waals surface area contributed by atoms with Crippen LogP contribution in [0.2, 0.25) is 0 Å². The Kier molecular flexibility index (Phi) is 2.64. The second kappa shape index (κ2) is 3.96. The lowest BCUT2D eigenvalue weighted by Gasteiger charge is -2.11. The molecule has 1 aliphatic rings. The van der Waals surface area contributed by atoms with Crippen LogP contribution in [0.3, 0.4) is 0 Å². The maximum atomic E-state index is 11.6. The molecular formula is C12H14N2O2. The quantitative estimate of drug-likeness (QED) is 0.774. The standard InChI is InChI=1S/C12H14N2O2/c1-8(2)9-3-4-10(7-9)14-6-5-11(15)13-12(14)16/h3-6,10H,7H2,1-2H3,(H,13,15,16). The minimum Gasteiger partial charge on any atom is -0.293 e. The Bertz CT molecular complexity index is 571. The van der Waals surface area contributed by atoms with E-state index in [1.807, 2.05) is 12.2 Å². The van der Waals surface area contributed by atoms with Crippen LogP contribution < -0.4 is 11.2 Å². The van der Waals surface area contributed by atoms with Crippen molar-refractivity contribution in [3.63, 3.8) is 0 Å². The lowest BCUT2D eigenvalue weighted by atomic mass is 10.1. The molecule has 1 aromatic rings. The SMILES string of the molecule is CC(C)=C1C=CC(n2ccc(=O)[nH]c2=O)C1. The third kappa shape index (κ3) is 1.91. The Morgan fingerprint density at radius 3 is 2.75 bits per heavy atom. The fourth-order valence-corrected chi connectivity index (χ4v) is 1.84. The number of nitrogens with one attached hydrogen (secondary N) is 1. The van der Waals surface area contributed by atoms with E-state index in [0.717, 1.165) is 6.42 Å². The van der Waals surface area contributed by atoms with E-state index >= 15 is 0 Å². The number of nitrogens with zero attached hydrogens (tertiary/aromatic N) is 1. The number of allylic oxidation sites excluding steroid dienone is 4. The second-order valence-corrected chi connectivity index (χ2v) is 4.17. The molecule has 0 saturated heterocycles. The van der Waals surface area contributed by atoms with Gasteiger partial charge in [-0.3, -0.25) is 14.3 Å². The van der Waals surface area contributed by atoms with Gasteiger partial charge >= 0.3 is 5.69 Å². The molecule has 4 heteroatoms. The van der Waals surface area contributed by atoms with E-state index in [1.165, 1.54) is 17.2 Å². The zero-order valence-electron chi connectivity index (χ0n) is 9.36. The minimum absolute atomic E-state index is 0.0225. The van der Waals surface area contributed by atoms with E-state index in [2.05, 4.69) is 18.8 Å². The molecule has 1 aliphatic carbocycles. The number of rotatable bonds is 1. The smallest absolute Gasteiger partial charge is 0.293 e. The molecule has 0 fully saturated rings. The first-order valence-electron chi connectivity index (χ1n) is 5.24. The van der Waals surface area contributed by atoms with E-state index in [1.54, 1.807) is 10.8 Å². The number of aromatic nitrogens is 2. The normalized spacial score (nSPS) is 19.1. The highest BCUT2D eigenvalue weighted by molar-refractivity contribution is 5.31. The first kappa shape index (κ1) is 10.7. The Morgan fingerprint density at radius 1 is 1.44 bits per heavy atom. The largest absolute Gasteiger partial charge is 0.328 e. The van der Waals surface area contributed by atoms with Crippen molar-refractivity contribution in [3.8, 4) is 0 Å². The molecule has 0 radical (unpaired) electrons. The van der Waals surface area contributed by atoms with Gasteiger partial charge in [-0.1, -0.05) is 17.7 Å². The molecule has 1 aromatic heterocycles. The molecule has 0 aliphatic heterocycles. The van der Waals surface area contributed by atoms with Crippen LogP contribution in [0.1, 0.15) is 26.3 Å². The number of hydrogen-bond donors (Lipinski definition) is 1. The molecule has 1 N–H and O–H groups in total. The van der Waals surface area contributed by atoms with Crippen molar-refractivity contribution in [2.24, 2.45) is 0 Å². The number of H-pyrrole nitrogens is 1. The Hall–Kier alpha value is -1.84. The van der Waals surface area contributed by atoms with Crippen molar-refractivity contribution < 1.29 is 0 Å². The van der Waals surface area contributed by atoms with E-state index in [0.29, 0.717) is 0 Å². The predicted octanol–water partition coefficient (Wildman–Crippen LogP) is 1.37. The summed E-state index contributed by atoms with van der Waals surface area (Å²) in [5, 5.41) is 0. The van der Waals surface area contributed by atoms with Gasteiger partial charge in [0, 0.05) is 12.3 Å². The van der Waals surface area contributed by atoms with Gasteiger partial charge in [0.1, 0.15) is 0 Å². The molecule has 1 heterocycles. The summed E-state index contributed by atoms with van der Waals surface area (Å²) in [6.07, 6.45) is 6.39.